The number of rotatable bonds is 7. The summed E-state index contributed by atoms with van der Waals surface area (Å²) in [6.07, 6.45) is 1.64. The maximum atomic E-state index is 13.1. The molecule has 10 heteroatoms. The van der Waals surface area contributed by atoms with E-state index in [9.17, 15) is 14.0 Å². The standard InChI is InChI=1S/C25H18ClFN2O5S/c1-33-20-11-15(10-19(26)22(20)34-13-14-3-2-4-16(9-14)24(31)32)12-21-23(30)29-25(35-21)28-18-7-5-17(27)6-8-18/h2-12H,13H2,1H3,(H,31,32)(H,28,29,30)/b21-12+. The quantitative estimate of drug-likeness (QED) is 0.397. The molecule has 35 heavy (non-hydrogen) atoms. The molecule has 0 atom stereocenters. The van der Waals surface area contributed by atoms with Gasteiger partial charge in [0.25, 0.3) is 5.91 Å². The first-order valence-corrected chi connectivity index (χ1v) is 11.4. The molecule has 178 valence electrons. The van der Waals surface area contributed by atoms with Gasteiger partial charge in [0.2, 0.25) is 0 Å². The average molecular weight is 513 g/mol. The number of ether oxygens (including phenoxy) is 2. The molecule has 0 aromatic heterocycles. The van der Waals surface area contributed by atoms with Gasteiger partial charge in [-0.3, -0.25) is 4.79 Å². The molecule has 3 aromatic rings. The maximum Gasteiger partial charge on any atom is 0.335 e. The van der Waals surface area contributed by atoms with Gasteiger partial charge in [0.05, 0.1) is 28.3 Å². The number of thioether (sulfide) groups is 1. The number of aliphatic imine (C=N–C) groups is 1. The predicted molar refractivity (Wildman–Crippen MR) is 133 cm³/mol. The minimum atomic E-state index is -1.03. The number of aromatic carboxylic acids is 1. The highest BCUT2D eigenvalue weighted by Gasteiger charge is 2.24. The number of carboxylic acid groups (broad SMARTS) is 1. The molecule has 4 rings (SSSR count). The zero-order valence-electron chi connectivity index (χ0n) is 18.2. The molecule has 0 saturated carbocycles. The van der Waals surface area contributed by atoms with E-state index in [1.807, 2.05) is 0 Å². The number of hydrogen-bond acceptors (Lipinski definition) is 6. The van der Waals surface area contributed by atoms with Gasteiger partial charge in [-0.05, 0) is 77.5 Å². The molecule has 1 amide bonds. The summed E-state index contributed by atoms with van der Waals surface area (Å²) in [6, 6.07) is 15.3. The number of carboxylic acids is 1. The molecule has 0 unspecified atom stereocenters. The van der Waals surface area contributed by atoms with Crippen molar-refractivity contribution in [1.29, 1.82) is 0 Å². The second-order valence-electron chi connectivity index (χ2n) is 7.29. The van der Waals surface area contributed by atoms with Crippen LogP contribution < -0.4 is 14.8 Å². The van der Waals surface area contributed by atoms with Gasteiger partial charge in [-0.15, -0.1) is 0 Å². The fourth-order valence-electron chi connectivity index (χ4n) is 3.18. The number of amides is 1. The van der Waals surface area contributed by atoms with Crippen LogP contribution in [0.25, 0.3) is 6.08 Å². The molecule has 0 aliphatic carbocycles. The van der Waals surface area contributed by atoms with Crippen LogP contribution in [0, 0.1) is 5.82 Å². The van der Waals surface area contributed by atoms with Crippen LogP contribution in [0.3, 0.4) is 0 Å². The number of methoxy groups -OCH3 is 1. The average Bonchev–Trinajstić information content (AvgIpc) is 3.17. The van der Waals surface area contributed by atoms with Crippen molar-refractivity contribution in [3.05, 3.63) is 93.1 Å². The molecule has 7 nitrogen and oxygen atoms in total. The van der Waals surface area contributed by atoms with E-state index in [2.05, 4.69) is 10.3 Å². The van der Waals surface area contributed by atoms with E-state index in [1.165, 1.54) is 43.5 Å². The third-order valence-electron chi connectivity index (χ3n) is 4.81. The van der Waals surface area contributed by atoms with Crippen LogP contribution in [0.2, 0.25) is 5.02 Å². The Labute approximate surface area is 209 Å². The Morgan fingerprint density at radius 3 is 2.69 bits per heavy atom. The summed E-state index contributed by atoms with van der Waals surface area (Å²) in [5, 5.41) is 12.5. The van der Waals surface area contributed by atoms with E-state index in [4.69, 9.17) is 26.2 Å². The van der Waals surface area contributed by atoms with Crippen molar-refractivity contribution in [1.82, 2.24) is 5.32 Å². The first-order valence-electron chi connectivity index (χ1n) is 10.2. The third kappa shape index (κ3) is 6.00. The smallest absolute Gasteiger partial charge is 0.335 e. The minimum absolute atomic E-state index is 0.0824. The van der Waals surface area contributed by atoms with Crippen LogP contribution in [0.4, 0.5) is 10.1 Å². The lowest BCUT2D eigenvalue weighted by atomic mass is 10.1. The molecular weight excluding hydrogens is 495 g/mol. The molecule has 1 fully saturated rings. The summed E-state index contributed by atoms with van der Waals surface area (Å²) >= 11 is 7.58. The molecule has 1 aliphatic heterocycles. The van der Waals surface area contributed by atoms with Crippen LogP contribution >= 0.6 is 23.4 Å². The first kappa shape index (κ1) is 24.3. The lowest BCUT2D eigenvalue weighted by Gasteiger charge is -2.14. The summed E-state index contributed by atoms with van der Waals surface area (Å²) < 4.78 is 24.3. The number of nitrogens with one attached hydrogen (secondary N) is 1. The SMILES string of the molecule is COc1cc(/C=C2/SC(=Nc3ccc(F)cc3)NC2=O)cc(Cl)c1OCc1cccc(C(=O)O)c1. The van der Waals surface area contributed by atoms with E-state index in [0.717, 1.165) is 11.8 Å². The Bertz CT molecular complexity index is 1360. The lowest BCUT2D eigenvalue weighted by Crippen LogP contribution is -2.19. The zero-order chi connectivity index (χ0) is 24.9. The maximum absolute atomic E-state index is 13.1. The molecule has 1 heterocycles. The Hall–Kier alpha value is -3.82. The lowest BCUT2D eigenvalue weighted by molar-refractivity contribution is -0.115. The van der Waals surface area contributed by atoms with Crippen molar-refractivity contribution in [2.45, 2.75) is 6.61 Å². The second kappa shape index (κ2) is 10.6. The van der Waals surface area contributed by atoms with Gasteiger partial charge >= 0.3 is 5.97 Å². The molecule has 0 spiro atoms. The van der Waals surface area contributed by atoms with Gasteiger partial charge < -0.3 is 19.9 Å². The normalized spacial score (nSPS) is 15.3. The van der Waals surface area contributed by atoms with Crippen molar-refractivity contribution >= 4 is 52.2 Å². The van der Waals surface area contributed by atoms with E-state index >= 15 is 0 Å². The first-order chi connectivity index (χ1) is 16.8. The van der Waals surface area contributed by atoms with E-state index in [-0.39, 0.29) is 28.9 Å². The summed E-state index contributed by atoms with van der Waals surface area (Å²) in [7, 11) is 1.46. The summed E-state index contributed by atoms with van der Waals surface area (Å²) in [5.74, 6) is -1.09. The molecule has 1 saturated heterocycles. The molecule has 2 N–H and O–H groups in total. The predicted octanol–water partition coefficient (Wildman–Crippen LogP) is 5.66. The highest BCUT2D eigenvalue weighted by molar-refractivity contribution is 8.18. The molecule has 1 aliphatic rings. The van der Waals surface area contributed by atoms with Crippen LogP contribution in [0.5, 0.6) is 11.5 Å². The number of benzene rings is 3. The number of carbonyl (C=O) groups is 2. The highest BCUT2D eigenvalue weighted by atomic mass is 35.5. The van der Waals surface area contributed by atoms with E-state index in [0.29, 0.717) is 38.4 Å². The van der Waals surface area contributed by atoms with Gasteiger partial charge in [0, 0.05) is 0 Å². The van der Waals surface area contributed by atoms with Crippen molar-refractivity contribution in [2.75, 3.05) is 7.11 Å². The van der Waals surface area contributed by atoms with Gasteiger partial charge in [-0.25, -0.2) is 14.2 Å². The fourth-order valence-corrected chi connectivity index (χ4v) is 4.29. The Balaban J connectivity index is 1.52. The van der Waals surface area contributed by atoms with Gasteiger partial charge in [-0.2, -0.15) is 0 Å². The van der Waals surface area contributed by atoms with Gasteiger partial charge in [0.1, 0.15) is 12.4 Å². The van der Waals surface area contributed by atoms with Crippen molar-refractivity contribution in [3.8, 4) is 11.5 Å². The number of amidine groups is 1. The molecular formula is C25H18ClFN2O5S. The number of halogens is 2. The van der Waals surface area contributed by atoms with Crippen molar-refractivity contribution in [2.24, 2.45) is 4.99 Å². The Morgan fingerprint density at radius 2 is 1.97 bits per heavy atom. The van der Waals surface area contributed by atoms with Crippen LogP contribution in [-0.2, 0) is 11.4 Å². The number of nitrogens with zero attached hydrogens (tertiary/aromatic N) is 1. The fraction of sp³-hybridized carbons (Fsp3) is 0.0800. The van der Waals surface area contributed by atoms with Crippen LogP contribution in [0.1, 0.15) is 21.5 Å². The summed E-state index contributed by atoms with van der Waals surface area (Å²) in [5.41, 5.74) is 1.92. The third-order valence-corrected chi connectivity index (χ3v) is 6.01. The van der Waals surface area contributed by atoms with Crippen molar-refractivity contribution < 1.29 is 28.6 Å². The second-order valence-corrected chi connectivity index (χ2v) is 8.72. The summed E-state index contributed by atoms with van der Waals surface area (Å²) in [6.45, 7) is 0.0824. The zero-order valence-corrected chi connectivity index (χ0v) is 19.8. The monoisotopic (exact) mass is 512 g/mol. The van der Waals surface area contributed by atoms with Crippen molar-refractivity contribution in [3.63, 3.8) is 0 Å². The minimum Gasteiger partial charge on any atom is -0.493 e. The van der Waals surface area contributed by atoms with E-state index in [1.54, 1.807) is 30.3 Å². The Morgan fingerprint density at radius 1 is 1.20 bits per heavy atom. The van der Waals surface area contributed by atoms with Gasteiger partial charge in [0.15, 0.2) is 16.7 Å². The topological polar surface area (TPSA) is 97.2 Å². The summed E-state index contributed by atoms with van der Waals surface area (Å²) in [4.78, 5) is 28.3. The van der Waals surface area contributed by atoms with Crippen LogP contribution in [-0.4, -0.2) is 29.3 Å². The molecule has 0 radical (unpaired) electrons. The van der Waals surface area contributed by atoms with Gasteiger partial charge in [-0.1, -0.05) is 23.7 Å². The molecule has 3 aromatic carbocycles. The van der Waals surface area contributed by atoms with Crippen LogP contribution in [0.15, 0.2) is 70.6 Å². The number of hydrogen-bond donors (Lipinski definition) is 2. The largest absolute Gasteiger partial charge is 0.493 e. The highest BCUT2D eigenvalue weighted by Crippen LogP contribution is 2.38. The molecule has 0 bridgehead atoms. The van der Waals surface area contributed by atoms with E-state index < -0.39 is 5.97 Å². The Kier molecular flexibility index (Phi) is 7.38. The number of carbonyl (C=O) groups excluding carboxylic acids is 1.